The normalized spacial score (nSPS) is 10.2. The van der Waals surface area contributed by atoms with Crippen LogP contribution in [0.15, 0.2) is 36.7 Å². The number of amides is 1. The Bertz CT molecular complexity index is 626. The van der Waals surface area contributed by atoms with Crippen molar-refractivity contribution in [1.82, 2.24) is 9.78 Å². The van der Waals surface area contributed by atoms with Crippen molar-refractivity contribution in [3.05, 3.63) is 48.0 Å². The summed E-state index contributed by atoms with van der Waals surface area (Å²) in [4.78, 5) is 22.3. The van der Waals surface area contributed by atoms with Gasteiger partial charge in [-0.1, -0.05) is 0 Å². The molecule has 20 heavy (non-hydrogen) atoms. The number of aromatic nitrogens is 2. The molecule has 1 aromatic heterocycles. The van der Waals surface area contributed by atoms with Crippen molar-refractivity contribution in [1.29, 1.82) is 0 Å². The minimum atomic E-state index is -1.22. The highest BCUT2D eigenvalue weighted by Gasteiger charge is 2.10. The number of carboxylic acids is 1. The van der Waals surface area contributed by atoms with E-state index in [4.69, 9.17) is 5.11 Å². The van der Waals surface area contributed by atoms with Crippen molar-refractivity contribution < 1.29 is 19.1 Å². The number of anilines is 1. The summed E-state index contributed by atoms with van der Waals surface area (Å²) in [5, 5.41) is 15.0. The molecule has 2 N–H and O–H groups in total. The van der Waals surface area contributed by atoms with Crippen LogP contribution in [0.4, 0.5) is 10.1 Å². The monoisotopic (exact) mass is 277 g/mol. The first-order chi connectivity index (χ1) is 9.56. The zero-order valence-electron chi connectivity index (χ0n) is 10.4. The Morgan fingerprint density at radius 2 is 2.20 bits per heavy atom. The molecule has 0 aliphatic rings. The van der Waals surface area contributed by atoms with Gasteiger partial charge < -0.3 is 10.4 Å². The fourth-order valence-electron chi connectivity index (χ4n) is 1.61. The number of rotatable bonds is 5. The predicted octanol–water partition coefficient (Wildman–Crippen LogP) is 1.75. The fourth-order valence-corrected chi connectivity index (χ4v) is 1.61. The van der Waals surface area contributed by atoms with Gasteiger partial charge in [-0.15, -0.1) is 0 Å². The van der Waals surface area contributed by atoms with Crippen molar-refractivity contribution in [2.45, 2.75) is 13.0 Å². The third-order valence-corrected chi connectivity index (χ3v) is 2.62. The molecule has 2 aromatic rings. The highest BCUT2D eigenvalue weighted by atomic mass is 19.1. The Kier molecular flexibility index (Phi) is 4.09. The van der Waals surface area contributed by atoms with Crippen molar-refractivity contribution in [2.75, 3.05) is 5.32 Å². The van der Waals surface area contributed by atoms with Crippen molar-refractivity contribution in [3.63, 3.8) is 0 Å². The van der Waals surface area contributed by atoms with E-state index in [9.17, 15) is 14.0 Å². The molecule has 0 saturated heterocycles. The van der Waals surface area contributed by atoms with E-state index in [0.717, 1.165) is 6.07 Å². The lowest BCUT2D eigenvalue weighted by atomic mass is 10.2. The molecule has 6 nitrogen and oxygen atoms in total. The second kappa shape index (κ2) is 5.96. The molecule has 104 valence electrons. The SMILES string of the molecule is O=C(CCn1cccn1)Nc1ccc(C(=O)O)cc1F. The summed E-state index contributed by atoms with van der Waals surface area (Å²) in [5.41, 5.74) is -0.211. The number of nitrogens with zero attached hydrogens (tertiary/aromatic N) is 2. The van der Waals surface area contributed by atoms with Crippen LogP contribution in [0.3, 0.4) is 0 Å². The third-order valence-electron chi connectivity index (χ3n) is 2.62. The van der Waals surface area contributed by atoms with Crippen molar-refractivity contribution in [2.24, 2.45) is 0 Å². The van der Waals surface area contributed by atoms with Gasteiger partial charge in [0, 0.05) is 25.4 Å². The van der Waals surface area contributed by atoms with Gasteiger partial charge in [0.25, 0.3) is 0 Å². The topological polar surface area (TPSA) is 84.2 Å². The summed E-state index contributed by atoms with van der Waals surface area (Å²) in [7, 11) is 0. The summed E-state index contributed by atoms with van der Waals surface area (Å²) < 4.78 is 15.2. The number of carbonyl (C=O) groups is 2. The lowest BCUT2D eigenvalue weighted by molar-refractivity contribution is -0.116. The number of benzene rings is 1. The zero-order valence-corrected chi connectivity index (χ0v) is 10.4. The van der Waals surface area contributed by atoms with Gasteiger partial charge >= 0.3 is 5.97 Å². The van der Waals surface area contributed by atoms with Crippen LogP contribution in [0.5, 0.6) is 0 Å². The molecule has 0 unspecified atom stereocenters. The number of halogens is 1. The maximum Gasteiger partial charge on any atom is 0.335 e. The van der Waals surface area contributed by atoms with Gasteiger partial charge in [-0.3, -0.25) is 9.48 Å². The molecule has 0 radical (unpaired) electrons. The lowest BCUT2D eigenvalue weighted by Crippen LogP contribution is -2.15. The van der Waals surface area contributed by atoms with E-state index in [1.165, 1.54) is 12.1 Å². The molecule has 1 heterocycles. The van der Waals surface area contributed by atoms with Crippen LogP contribution in [0, 0.1) is 5.82 Å². The summed E-state index contributed by atoms with van der Waals surface area (Å²) in [6.45, 7) is 0.383. The average molecular weight is 277 g/mol. The van der Waals surface area contributed by atoms with Crippen LogP contribution in [-0.2, 0) is 11.3 Å². The van der Waals surface area contributed by atoms with E-state index < -0.39 is 11.8 Å². The van der Waals surface area contributed by atoms with Gasteiger partial charge in [0.15, 0.2) is 0 Å². The molecule has 1 aromatic carbocycles. The minimum Gasteiger partial charge on any atom is -0.478 e. The maximum atomic E-state index is 13.6. The molecule has 2 rings (SSSR count). The van der Waals surface area contributed by atoms with Gasteiger partial charge in [0.1, 0.15) is 5.82 Å². The smallest absolute Gasteiger partial charge is 0.335 e. The number of carboxylic acid groups (broad SMARTS) is 1. The van der Waals surface area contributed by atoms with Crippen LogP contribution in [0.1, 0.15) is 16.8 Å². The predicted molar refractivity (Wildman–Crippen MR) is 68.8 cm³/mol. The van der Waals surface area contributed by atoms with Gasteiger partial charge in [-0.2, -0.15) is 5.10 Å². The molecule has 0 spiro atoms. The Balaban J connectivity index is 1.95. The fraction of sp³-hybridized carbons (Fsp3) is 0.154. The zero-order chi connectivity index (χ0) is 14.5. The Morgan fingerprint density at radius 3 is 2.80 bits per heavy atom. The van der Waals surface area contributed by atoms with Gasteiger partial charge in [0.2, 0.25) is 5.91 Å². The van der Waals surface area contributed by atoms with Crippen LogP contribution in [0.25, 0.3) is 0 Å². The van der Waals surface area contributed by atoms with Crippen molar-refractivity contribution in [3.8, 4) is 0 Å². The van der Waals surface area contributed by atoms with E-state index >= 15 is 0 Å². The van der Waals surface area contributed by atoms with Gasteiger partial charge in [-0.05, 0) is 24.3 Å². The highest BCUT2D eigenvalue weighted by molar-refractivity contribution is 5.92. The Hall–Kier alpha value is -2.70. The summed E-state index contributed by atoms with van der Waals surface area (Å²) in [6.07, 6.45) is 3.46. The summed E-state index contributed by atoms with van der Waals surface area (Å²) in [5.74, 6) is -2.37. The van der Waals surface area contributed by atoms with Crippen LogP contribution in [-0.4, -0.2) is 26.8 Å². The average Bonchev–Trinajstić information content (AvgIpc) is 2.91. The lowest BCUT2D eigenvalue weighted by Gasteiger charge is -2.07. The second-order valence-electron chi connectivity index (χ2n) is 4.07. The summed E-state index contributed by atoms with van der Waals surface area (Å²) in [6, 6.07) is 5.06. The molecule has 0 aliphatic carbocycles. The number of hydrogen-bond acceptors (Lipinski definition) is 3. The number of aromatic carboxylic acids is 1. The largest absolute Gasteiger partial charge is 0.478 e. The number of hydrogen-bond donors (Lipinski definition) is 2. The summed E-state index contributed by atoms with van der Waals surface area (Å²) >= 11 is 0. The van der Waals surface area contributed by atoms with Gasteiger partial charge in [0.05, 0.1) is 11.3 Å². The van der Waals surface area contributed by atoms with Gasteiger partial charge in [-0.25, -0.2) is 9.18 Å². The molecule has 0 aliphatic heterocycles. The first kappa shape index (κ1) is 13.7. The Morgan fingerprint density at radius 1 is 1.40 bits per heavy atom. The highest BCUT2D eigenvalue weighted by Crippen LogP contribution is 2.16. The number of aryl methyl sites for hydroxylation is 1. The third kappa shape index (κ3) is 3.41. The first-order valence-electron chi connectivity index (χ1n) is 5.86. The number of carbonyl (C=O) groups excluding carboxylic acids is 1. The molecule has 7 heteroatoms. The van der Waals surface area contributed by atoms with E-state index in [1.54, 1.807) is 23.1 Å². The maximum absolute atomic E-state index is 13.6. The second-order valence-corrected chi connectivity index (χ2v) is 4.07. The van der Waals surface area contributed by atoms with E-state index in [0.29, 0.717) is 6.54 Å². The molecule has 1 amide bonds. The van der Waals surface area contributed by atoms with Crippen LogP contribution < -0.4 is 5.32 Å². The first-order valence-corrected chi connectivity index (χ1v) is 5.86. The van der Waals surface area contributed by atoms with Crippen LogP contribution in [0.2, 0.25) is 0 Å². The molecule has 0 saturated carbocycles. The molecule has 0 fully saturated rings. The van der Waals surface area contributed by atoms with E-state index in [2.05, 4.69) is 10.4 Å². The molecule has 0 bridgehead atoms. The Labute approximate surface area is 113 Å². The van der Waals surface area contributed by atoms with E-state index in [-0.39, 0.29) is 23.6 Å². The van der Waals surface area contributed by atoms with Crippen molar-refractivity contribution >= 4 is 17.6 Å². The van der Waals surface area contributed by atoms with Crippen LogP contribution >= 0.6 is 0 Å². The quantitative estimate of drug-likeness (QED) is 0.872. The van der Waals surface area contributed by atoms with E-state index in [1.807, 2.05) is 0 Å². The standard InChI is InChI=1S/C13H12FN3O3/c14-10-8-9(13(19)20)2-3-11(10)16-12(18)4-7-17-6-1-5-15-17/h1-3,5-6,8H,4,7H2,(H,16,18)(H,19,20). The number of nitrogens with one attached hydrogen (secondary N) is 1. The molecule has 0 atom stereocenters. The molecular weight excluding hydrogens is 265 g/mol. The molecular formula is C13H12FN3O3. The minimum absolute atomic E-state index is 0.0412.